The average molecular weight is 248 g/mol. The van der Waals surface area contributed by atoms with Crippen molar-refractivity contribution in [2.75, 3.05) is 0 Å². The maximum Gasteiger partial charge on any atom is 0.188 e. The lowest BCUT2D eigenvalue weighted by Gasteiger charge is -2.09. The van der Waals surface area contributed by atoms with E-state index >= 15 is 0 Å². The number of nitrogens with one attached hydrogen (secondary N) is 1. The van der Waals surface area contributed by atoms with E-state index in [2.05, 4.69) is 40.3 Å². The fraction of sp³-hybridized carbons (Fsp3) is 0.333. The van der Waals surface area contributed by atoms with Crippen molar-refractivity contribution in [1.29, 1.82) is 0 Å². The van der Waals surface area contributed by atoms with Gasteiger partial charge in [-0.1, -0.05) is 17.8 Å². The highest BCUT2D eigenvalue weighted by atomic mass is 32.2. The molecule has 0 bridgehead atoms. The van der Waals surface area contributed by atoms with Crippen LogP contribution in [-0.2, 0) is 6.42 Å². The lowest BCUT2D eigenvalue weighted by atomic mass is 10.0. The Labute approximate surface area is 105 Å². The number of aromatic nitrogens is 3. The highest BCUT2D eigenvalue weighted by Gasteiger charge is 2.05. The smallest absolute Gasteiger partial charge is 0.188 e. The van der Waals surface area contributed by atoms with Crippen molar-refractivity contribution >= 4 is 11.8 Å². The first-order valence-electron chi connectivity index (χ1n) is 5.53. The van der Waals surface area contributed by atoms with Gasteiger partial charge in [-0.05, 0) is 43.5 Å². The van der Waals surface area contributed by atoms with Crippen molar-refractivity contribution < 1.29 is 0 Å². The number of nitrogens with two attached hydrogens (primary N) is 1. The Morgan fingerprint density at radius 2 is 2.29 bits per heavy atom. The molecule has 1 aromatic carbocycles. The molecule has 2 aromatic rings. The molecular weight excluding hydrogens is 232 g/mol. The predicted octanol–water partition coefficient (Wildman–Crippen LogP) is 2.15. The summed E-state index contributed by atoms with van der Waals surface area (Å²) in [6.45, 7) is 4.14. The van der Waals surface area contributed by atoms with Crippen LogP contribution >= 0.6 is 11.8 Å². The molecule has 90 valence electrons. The summed E-state index contributed by atoms with van der Waals surface area (Å²) in [5, 5.41) is 7.47. The second-order valence-electron chi connectivity index (χ2n) is 4.16. The topological polar surface area (TPSA) is 67.6 Å². The summed E-state index contributed by atoms with van der Waals surface area (Å²) < 4.78 is 0. The number of aryl methyl sites for hydroxylation is 1. The predicted molar refractivity (Wildman–Crippen MR) is 69.0 cm³/mol. The van der Waals surface area contributed by atoms with Crippen LogP contribution in [0.2, 0.25) is 0 Å². The van der Waals surface area contributed by atoms with Crippen LogP contribution in [0.4, 0.5) is 0 Å². The Hall–Kier alpha value is -1.33. The molecule has 17 heavy (non-hydrogen) atoms. The van der Waals surface area contributed by atoms with Gasteiger partial charge in [-0.25, -0.2) is 4.98 Å². The lowest BCUT2D eigenvalue weighted by Crippen LogP contribution is -2.18. The normalized spacial score (nSPS) is 12.6. The molecule has 0 aliphatic carbocycles. The Bertz CT molecular complexity index is 479. The maximum absolute atomic E-state index is 5.81. The largest absolute Gasteiger partial charge is 0.328 e. The Balaban J connectivity index is 2.13. The Kier molecular flexibility index (Phi) is 3.81. The average Bonchev–Trinajstić information content (AvgIpc) is 2.74. The van der Waals surface area contributed by atoms with E-state index in [1.165, 1.54) is 17.5 Å². The monoisotopic (exact) mass is 248 g/mol. The van der Waals surface area contributed by atoms with Crippen LogP contribution in [0, 0.1) is 6.92 Å². The molecule has 0 fully saturated rings. The van der Waals surface area contributed by atoms with E-state index in [-0.39, 0.29) is 6.04 Å². The molecule has 1 aromatic heterocycles. The van der Waals surface area contributed by atoms with E-state index in [1.54, 1.807) is 11.8 Å². The second kappa shape index (κ2) is 5.33. The summed E-state index contributed by atoms with van der Waals surface area (Å²) in [5.41, 5.74) is 8.39. The van der Waals surface area contributed by atoms with E-state index in [0.717, 1.165) is 16.5 Å². The standard InChI is InChI=1S/C12H16N4S/c1-8-5-11(17-12-14-7-15-16-12)4-3-10(8)6-9(2)13/h3-5,7,9H,6,13H2,1-2H3,(H,14,15,16). The highest BCUT2D eigenvalue weighted by molar-refractivity contribution is 7.99. The van der Waals surface area contributed by atoms with Crippen molar-refractivity contribution in [3.63, 3.8) is 0 Å². The number of hydrogen-bond acceptors (Lipinski definition) is 4. The van der Waals surface area contributed by atoms with Gasteiger partial charge in [0.05, 0.1) is 0 Å². The fourth-order valence-corrected chi connectivity index (χ4v) is 2.46. The summed E-state index contributed by atoms with van der Waals surface area (Å²) in [5.74, 6) is 0. The van der Waals surface area contributed by atoms with E-state index in [4.69, 9.17) is 5.73 Å². The SMILES string of the molecule is Cc1cc(Sc2ncn[nH]2)ccc1CC(C)N. The van der Waals surface area contributed by atoms with Gasteiger partial charge in [-0.15, -0.1) is 0 Å². The van der Waals surface area contributed by atoms with Crippen LogP contribution < -0.4 is 5.73 Å². The van der Waals surface area contributed by atoms with Gasteiger partial charge >= 0.3 is 0 Å². The molecule has 4 nitrogen and oxygen atoms in total. The second-order valence-corrected chi connectivity index (χ2v) is 5.22. The first kappa shape index (κ1) is 12.1. The third kappa shape index (κ3) is 3.31. The molecule has 0 saturated heterocycles. The molecule has 3 N–H and O–H groups in total. The van der Waals surface area contributed by atoms with Gasteiger partial charge in [-0.2, -0.15) is 5.10 Å². The zero-order valence-electron chi connectivity index (χ0n) is 9.97. The summed E-state index contributed by atoms with van der Waals surface area (Å²) in [6.07, 6.45) is 2.43. The van der Waals surface area contributed by atoms with Gasteiger partial charge in [0, 0.05) is 10.9 Å². The molecule has 5 heteroatoms. The van der Waals surface area contributed by atoms with Crippen LogP contribution in [0.25, 0.3) is 0 Å². The number of aromatic amines is 1. The molecule has 0 radical (unpaired) electrons. The van der Waals surface area contributed by atoms with Gasteiger partial charge in [0.1, 0.15) is 6.33 Å². The summed E-state index contributed by atoms with van der Waals surface area (Å²) in [6, 6.07) is 6.58. The van der Waals surface area contributed by atoms with Crippen LogP contribution in [0.15, 0.2) is 34.6 Å². The maximum atomic E-state index is 5.81. The van der Waals surface area contributed by atoms with Gasteiger partial charge in [0.25, 0.3) is 0 Å². The molecule has 2 rings (SSSR count). The summed E-state index contributed by atoms with van der Waals surface area (Å²) in [7, 11) is 0. The number of nitrogens with zero attached hydrogens (tertiary/aromatic N) is 2. The molecule has 1 heterocycles. The molecule has 0 saturated carbocycles. The first-order valence-corrected chi connectivity index (χ1v) is 6.35. The third-order valence-electron chi connectivity index (χ3n) is 2.46. The lowest BCUT2D eigenvalue weighted by molar-refractivity contribution is 0.734. The van der Waals surface area contributed by atoms with Crippen LogP contribution in [0.1, 0.15) is 18.1 Å². The molecule has 0 aliphatic heterocycles. The zero-order valence-corrected chi connectivity index (χ0v) is 10.8. The molecule has 0 aliphatic rings. The minimum absolute atomic E-state index is 0.196. The zero-order chi connectivity index (χ0) is 12.3. The molecule has 1 atom stereocenters. The van der Waals surface area contributed by atoms with Gasteiger partial charge in [0.15, 0.2) is 5.16 Å². The van der Waals surface area contributed by atoms with Crippen molar-refractivity contribution in [3.05, 3.63) is 35.7 Å². The van der Waals surface area contributed by atoms with Crippen LogP contribution in [-0.4, -0.2) is 21.2 Å². The van der Waals surface area contributed by atoms with Crippen molar-refractivity contribution in [2.24, 2.45) is 5.73 Å². The molecule has 0 spiro atoms. The van der Waals surface area contributed by atoms with Crippen molar-refractivity contribution in [2.45, 2.75) is 36.4 Å². The van der Waals surface area contributed by atoms with E-state index in [0.29, 0.717) is 0 Å². The van der Waals surface area contributed by atoms with E-state index < -0.39 is 0 Å². The van der Waals surface area contributed by atoms with Crippen LogP contribution in [0.5, 0.6) is 0 Å². The Morgan fingerprint density at radius 3 is 2.88 bits per heavy atom. The molecular formula is C12H16N4S. The van der Waals surface area contributed by atoms with Crippen molar-refractivity contribution in [1.82, 2.24) is 15.2 Å². The summed E-state index contributed by atoms with van der Waals surface area (Å²) >= 11 is 1.58. The Morgan fingerprint density at radius 1 is 1.47 bits per heavy atom. The van der Waals surface area contributed by atoms with Crippen molar-refractivity contribution in [3.8, 4) is 0 Å². The number of hydrogen-bond donors (Lipinski definition) is 2. The molecule has 1 unspecified atom stereocenters. The minimum Gasteiger partial charge on any atom is -0.328 e. The number of rotatable bonds is 4. The quantitative estimate of drug-likeness (QED) is 0.870. The van der Waals surface area contributed by atoms with Crippen LogP contribution in [0.3, 0.4) is 0 Å². The minimum atomic E-state index is 0.196. The molecule has 0 amide bonds. The fourth-order valence-electron chi connectivity index (χ4n) is 1.66. The van der Waals surface area contributed by atoms with Gasteiger partial charge < -0.3 is 5.73 Å². The van der Waals surface area contributed by atoms with E-state index in [1.807, 2.05) is 6.92 Å². The third-order valence-corrected chi connectivity index (χ3v) is 3.34. The summed E-state index contributed by atoms with van der Waals surface area (Å²) in [4.78, 5) is 5.25. The number of H-pyrrole nitrogens is 1. The highest BCUT2D eigenvalue weighted by Crippen LogP contribution is 2.26. The van der Waals surface area contributed by atoms with Gasteiger partial charge in [0.2, 0.25) is 0 Å². The first-order chi connectivity index (χ1) is 8.15. The number of benzene rings is 1. The van der Waals surface area contributed by atoms with Gasteiger partial charge in [-0.3, -0.25) is 5.10 Å². The van der Waals surface area contributed by atoms with E-state index in [9.17, 15) is 0 Å².